The number of fused-ring (bicyclic) bond motifs is 1. The minimum absolute atomic E-state index is 0.167. The summed E-state index contributed by atoms with van der Waals surface area (Å²) in [6.07, 6.45) is 8.97. The van der Waals surface area contributed by atoms with Gasteiger partial charge in [0, 0.05) is 35.1 Å². The van der Waals surface area contributed by atoms with Crippen LogP contribution >= 0.6 is 11.6 Å². The first kappa shape index (κ1) is 18.3. The molecule has 0 aliphatic heterocycles. The van der Waals surface area contributed by atoms with E-state index in [-0.39, 0.29) is 11.8 Å². The van der Waals surface area contributed by atoms with Crippen molar-refractivity contribution in [3.8, 4) is 0 Å². The molecule has 3 rings (SSSR count). The number of aromatic nitrogens is 1. The van der Waals surface area contributed by atoms with Crippen LogP contribution in [0.25, 0.3) is 10.9 Å². The fraction of sp³-hybridized carbons (Fsp3) is 0.571. The lowest BCUT2D eigenvalue weighted by Gasteiger charge is -2.30. The average molecular weight is 361 g/mol. The lowest BCUT2D eigenvalue weighted by atomic mass is 9.75. The fourth-order valence-electron chi connectivity index (χ4n) is 4.08. The Morgan fingerprint density at radius 1 is 1.28 bits per heavy atom. The number of carbonyl (C=O) groups is 1. The fourth-order valence-corrected chi connectivity index (χ4v) is 4.25. The van der Waals surface area contributed by atoms with Crippen LogP contribution in [0.3, 0.4) is 0 Å². The Bertz CT molecular complexity index is 716. The van der Waals surface area contributed by atoms with Crippen molar-refractivity contribution in [1.29, 1.82) is 0 Å². The summed E-state index contributed by atoms with van der Waals surface area (Å²) in [7, 11) is 0. The van der Waals surface area contributed by atoms with Crippen LogP contribution in [0.5, 0.6) is 0 Å². The molecule has 1 atom stereocenters. The van der Waals surface area contributed by atoms with Crippen LogP contribution in [-0.2, 0) is 4.79 Å². The molecule has 0 spiro atoms. The number of hydrogen-bond acceptors (Lipinski definition) is 1. The molecule has 0 unspecified atom stereocenters. The third kappa shape index (κ3) is 4.58. The van der Waals surface area contributed by atoms with Gasteiger partial charge < -0.3 is 10.3 Å². The van der Waals surface area contributed by atoms with E-state index in [0.29, 0.717) is 18.3 Å². The molecule has 0 saturated heterocycles. The minimum atomic E-state index is 0.167. The Balaban J connectivity index is 1.86. The summed E-state index contributed by atoms with van der Waals surface area (Å²) < 4.78 is 0. The van der Waals surface area contributed by atoms with Crippen LogP contribution in [0.15, 0.2) is 24.4 Å². The molecule has 3 nitrogen and oxygen atoms in total. The smallest absolute Gasteiger partial charge is 0.220 e. The third-order valence-electron chi connectivity index (χ3n) is 5.41. The molecule has 1 aromatic heterocycles. The van der Waals surface area contributed by atoms with Crippen LogP contribution in [0.4, 0.5) is 0 Å². The Labute approximate surface area is 155 Å². The second kappa shape index (κ2) is 8.27. The lowest BCUT2D eigenvalue weighted by molar-refractivity contribution is -0.122. The molecule has 1 amide bonds. The van der Waals surface area contributed by atoms with Gasteiger partial charge in [-0.3, -0.25) is 4.79 Å². The van der Waals surface area contributed by atoms with Crippen LogP contribution < -0.4 is 5.32 Å². The van der Waals surface area contributed by atoms with Crippen molar-refractivity contribution in [3.05, 3.63) is 35.0 Å². The zero-order chi connectivity index (χ0) is 17.8. The molecule has 1 saturated carbocycles. The van der Waals surface area contributed by atoms with Crippen molar-refractivity contribution in [2.24, 2.45) is 11.8 Å². The monoisotopic (exact) mass is 360 g/mol. The quantitative estimate of drug-likeness (QED) is 0.687. The van der Waals surface area contributed by atoms with Crippen LogP contribution in [0.1, 0.15) is 63.9 Å². The first-order valence-electron chi connectivity index (χ1n) is 9.58. The van der Waals surface area contributed by atoms with E-state index in [1.54, 1.807) is 0 Å². The maximum atomic E-state index is 12.6. The second-order valence-electron chi connectivity index (χ2n) is 7.84. The molecule has 0 bridgehead atoms. The third-order valence-corrected chi connectivity index (χ3v) is 5.64. The molecule has 1 heterocycles. The van der Waals surface area contributed by atoms with Crippen molar-refractivity contribution in [2.75, 3.05) is 6.54 Å². The van der Waals surface area contributed by atoms with E-state index in [0.717, 1.165) is 17.1 Å². The highest BCUT2D eigenvalue weighted by molar-refractivity contribution is 6.31. The molecule has 0 radical (unpaired) electrons. The summed E-state index contributed by atoms with van der Waals surface area (Å²) in [5, 5.41) is 5.01. The van der Waals surface area contributed by atoms with E-state index in [4.69, 9.17) is 11.6 Å². The number of halogens is 1. The Morgan fingerprint density at radius 2 is 2.04 bits per heavy atom. The van der Waals surface area contributed by atoms with Gasteiger partial charge >= 0.3 is 0 Å². The highest BCUT2D eigenvalue weighted by Crippen LogP contribution is 2.41. The second-order valence-corrected chi connectivity index (χ2v) is 8.28. The summed E-state index contributed by atoms with van der Waals surface area (Å²) in [4.78, 5) is 15.9. The largest absolute Gasteiger partial charge is 0.361 e. The average Bonchev–Trinajstić information content (AvgIpc) is 3.01. The number of hydrogen-bond donors (Lipinski definition) is 2. The number of rotatable bonds is 6. The molecule has 25 heavy (non-hydrogen) atoms. The van der Waals surface area contributed by atoms with Gasteiger partial charge in [-0.15, -0.1) is 0 Å². The van der Waals surface area contributed by atoms with E-state index in [1.165, 1.54) is 43.1 Å². The molecule has 136 valence electrons. The molecule has 2 N–H and O–H groups in total. The Morgan fingerprint density at radius 3 is 2.76 bits per heavy atom. The summed E-state index contributed by atoms with van der Waals surface area (Å²) in [5.41, 5.74) is 2.35. The SMILES string of the molecule is CC(C)CNC(=O)C[C@@H](c1c[nH]c2ccc(Cl)cc12)C1CCCCC1. The number of benzene rings is 1. The molecule has 1 aliphatic carbocycles. The summed E-state index contributed by atoms with van der Waals surface area (Å²) in [6, 6.07) is 5.97. The number of aromatic amines is 1. The van der Waals surface area contributed by atoms with Gasteiger partial charge in [-0.2, -0.15) is 0 Å². The zero-order valence-electron chi connectivity index (χ0n) is 15.3. The van der Waals surface area contributed by atoms with Crippen LogP contribution in [0, 0.1) is 11.8 Å². The molecular weight excluding hydrogens is 332 g/mol. The molecule has 2 aromatic rings. The van der Waals surface area contributed by atoms with Crippen molar-refractivity contribution in [3.63, 3.8) is 0 Å². The molecular formula is C21H29ClN2O. The van der Waals surface area contributed by atoms with Gasteiger partial charge in [-0.1, -0.05) is 44.7 Å². The molecule has 4 heteroatoms. The summed E-state index contributed by atoms with van der Waals surface area (Å²) in [6.45, 7) is 5.00. The van der Waals surface area contributed by atoms with Crippen LogP contribution in [-0.4, -0.2) is 17.4 Å². The number of H-pyrrole nitrogens is 1. The van der Waals surface area contributed by atoms with Crippen molar-refractivity contribution >= 4 is 28.4 Å². The predicted octanol–water partition coefficient (Wildman–Crippen LogP) is 5.65. The predicted molar refractivity (Wildman–Crippen MR) is 105 cm³/mol. The Hall–Kier alpha value is -1.48. The molecule has 1 aliphatic rings. The van der Waals surface area contributed by atoms with Crippen molar-refractivity contribution in [2.45, 2.75) is 58.3 Å². The Kier molecular flexibility index (Phi) is 6.06. The standard InChI is InChI=1S/C21H29ClN2O/c1-14(2)12-24-21(25)11-17(15-6-4-3-5-7-15)19-13-23-20-9-8-16(22)10-18(19)20/h8-10,13-15,17,23H,3-7,11-12H2,1-2H3,(H,24,25)/t17-/m1/s1. The normalized spacial score (nSPS) is 17.1. The maximum absolute atomic E-state index is 12.6. The number of nitrogens with one attached hydrogen (secondary N) is 2. The van der Waals surface area contributed by atoms with Gasteiger partial charge in [0.05, 0.1) is 0 Å². The number of amides is 1. The van der Waals surface area contributed by atoms with Gasteiger partial charge in [0.15, 0.2) is 0 Å². The topological polar surface area (TPSA) is 44.9 Å². The highest BCUT2D eigenvalue weighted by Gasteiger charge is 2.29. The first-order chi connectivity index (χ1) is 12.0. The van der Waals surface area contributed by atoms with E-state index >= 15 is 0 Å². The van der Waals surface area contributed by atoms with Crippen LogP contribution in [0.2, 0.25) is 5.02 Å². The number of carbonyl (C=O) groups excluding carboxylic acids is 1. The van der Waals surface area contributed by atoms with E-state index in [9.17, 15) is 4.79 Å². The highest BCUT2D eigenvalue weighted by atomic mass is 35.5. The van der Waals surface area contributed by atoms with Gasteiger partial charge in [0.2, 0.25) is 5.91 Å². The van der Waals surface area contributed by atoms with E-state index < -0.39 is 0 Å². The lowest BCUT2D eigenvalue weighted by Crippen LogP contribution is -2.30. The van der Waals surface area contributed by atoms with Gasteiger partial charge in [0.1, 0.15) is 0 Å². The van der Waals surface area contributed by atoms with Gasteiger partial charge in [-0.25, -0.2) is 0 Å². The van der Waals surface area contributed by atoms with Crippen molar-refractivity contribution < 1.29 is 4.79 Å². The first-order valence-corrected chi connectivity index (χ1v) is 9.95. The van der Waals surface area contributed by atoms with E-state index in [2.05, 4.69) is 30.3 Å². The van der Waals surface area contributed by atoms with Crippen molar-refractivity contribution in [1.82, 2.24) is 10.3 Å². The molecule has 1 aromatic carbocycles. The summed E-state index contributed by atoms with van der Waals surface area (Å²) >= 11 is 6.24. The summed E-state index contributed by atoms with van der Waals surface area (Å²) in [5.74, 6) is 1.49. The molecule has 1 fully saturated rings. The maximum Gasteiger partial charge on any atom is 0.220 e. The van der Waals surface area contributed by atoms with Gasteiger partial charge in [-0.05, 0) is 54.4 Å². The minimum Gasteiger partial charge on any atom is -0.361 e. The zero-order valence-corrected chi connectivity index (χ0v) is 16.0. The van der Waals surface area contributed by atoms with E-state index in [1.807, 2.05) is 18.2 Å². The van der Waals surface area contributed by atoms with Gasteiger partial charge in [0.25, 0.3) is 0 Å².